The number of nitrogens with zero attached hydrogens (tertiary/aromatic N) is 3. The Morgan fingerprint density at radius 1 is 0.667 bits per heavy atom. The Labute approximate surface area is 144 Å². The van der Waals surface area contributed by atoms with Crippen LogP contribution in [0.5, 0.6) is 0 Å². The molecule has 0 aromatic carbocycles. The number of rotatable bonds is 8. The van der Waals surface area contributed by atoms with Gasteiger partial charge in [-0.15, -0.1) is 0 Å². The molecular formula is C21H25N3. The second-order valence-electron chi connectivity index (χ2n) is 6.14. The van der Waals surface area contributed by atoms with E-state index in [1.807, 2.05) is 24.8 Å². The lowest BCUT2D eigenvalue weighted by molar-refractivity contribution is 0.575. The van der Waals surface area contributed by atoms with Crippen molar-refractivity contribution in [2.24, 2.45) is 0 Å². The SMILES string of the molecule is CCCCCCCn1c(-c2ccncc2)ccc1-c1ccncc1. The largest absolute Gasteiger partial charge is 0.341 e. The normalized spacial score (nSPS) is 10.9. The van der Waals surface area contributed by atoms with Gasteiger partial charge in [0.15, 0.2) is 0 Å². The van der Waals surface area contributed by atoms with Crippen LogP contribution in [0.3, 0.4) is 0 Å². The van der Waals surface area contributed by atoms with E-state index in [1.165, 1.54) is 54.6 Å². The first kappa shape index (κ1) is 16.4. The lowest BCUT2D eigenvalue weighted by Gasteiger charge is -2.14. The van der Waals surface area contributed by atoms with Gasteiger partial charge >= 0.3 is 0 Å². The fourth-order valence-corrected chi connectivity index (χ4v) is 3.13. The van der Waals surface area contributed by atoms with E-state index in [9.17, 15) is 0 Å². The molecule has 0 saturated carbocycles. The zero-order valence-electron chi connectivity index (χ0n) is 14.4. The van der Waals surface area contributed by atoms with Crippen molar-refractivity contribution in [3.63, 3.8) is 0 Å². The molecule has 24 heavy (non-hydrogen) atoms. The Balaban J connectivity index is 1.88. The first-order valence-corrected chi connectivity index (χ1v) is 8.90. The standard InChI is InChI=1S/C21H25N3/c1-2-3-4-5-6-17-24-20(18-9-13-22-14-10-18)7-8-21(24)19-11-15-23-16-12-19/h7-16H,2-6,17H2,1H3. The second kappa shape index (κ2) is 8.44. The van der Waals surface area contributed by atoms with E-state index >= 15 is 0 Å². The molecule has 3 heteroatoms. The van der Waals surface area contributed by atoms with E-state index in [4.69, 9.17) is 0 Å². The van der Waals surface area contributed by atoms with Crippen molar-refractivity contribution in [3.05, 3.63) is 61.2 Å². The van der Waals surface area contributed by atoms with Crippen molar-refractivity contribution in [2.45, 2.75) is 45.6 Å². The molecule has 3 aromatic rings. The van der Waals surface area contributed by atoms with Crippen molar-refractivity contribution in [1.29, 1.82) is 0 Å². The number of hydrogen-bond acceptors (Lipinski definition) is 2. The van der Waals surface area contributed by atoms with E-state index < -0.39 is 0 Å². The highest BCUT2D eigenvalue weighted by molar-refractivity contribution is 5.69. The van der Waals surface area contributed by atoms with Crippen molar-refractivity contribution in [2.75, 3.05) is 0 Å². The van der Waals surface area contributed by atoms with Gasteiger partial charge in [-0.25, -0.2) is 0 Å². The quantitative estimate of drug-likeness (QED) is 0.507. The summed E-state index contributed by atoms with van der Waals surface area (Å²) in [5, 5.41) is 0. The number of hydrogen-bond donors (Lipinski definition) is 0. The summed E-state index contributed by atoms with van der Waals surface area (Å²) in [6.45, 7) is 3.31. The second-order valence-corrected chi connectivity index (χ2v) is 6.14. The molecule has 3 nitrogen and oxygen atoms in total. The first-order valence-electron chi connectivity index (χ1n) is 8.90. The Hall–Kier alpha value is -2.42. The highest BCUT2D eigenvalue weighted by atomic mass is 15.0. The summed E-state index contributed by atoms with van der Waals surface area (Å²) in [4.78, 5) is 8.29. The average molecular weight is 319 g/mol. The fraction of sp³-hybridized carbons (Fsp3) is 0.333. The molecule has 0 fully saturated rings. The molecule has 0 spiro atoms. The molecule has 0 bridgehead atoms. The van der Waals surface area contributed by atoms with E-state index in [0.717, 1.165) is 6.54 Å². The summed E-state index contributed by atoms with van der Waals surface area (Å²) in [6.07, 6.45) is 13.9. The molecule has 0 amide bonds. The molecule has 3 rings (SSSR count). The van der Waals surface area contributed by atoms with Crippen LogP contribution in [0.15, 0.2) is 61.2 Å². The van der Waals surface area contributed by atoms with Gasteiger partial charge in [-0.05, 0) is 42.8 Å². The van der Waals surface area contributed by atoms with Gasteiger partial charge in [0, 0.05) is 53.8 Å². The van der Waals surface area contributed by atoms with Crippen LogP contribution in [0.2, 0.25) is 0 Å². The fourth-order valence-electron chi connectivity index (χ4n) is 3.13. The Morgan fingerprint density at radius 3 is 1.67 bits per heavy atom. The van der Waals surface area contributed by atoms with Gasteiger partial charge in [0.2, 0.25) is 0 Å². The summed E-state index contributed by atoms with van der Waals surface area (Å²) in [6, 6.07) is 12.8. The van der Waals surface area contributed by atoms with Gasteiger partial charge in [0.25, 0.3) is 0 Å². The van der Waals surface area contributed by atoms with Crippen molar-refractivity contribution in [1.82, 2.24) is 14.5 Å². The maximum atomic E-state index is 4.14. The average Bonchev–Trinajstić information content (AvgIpc) is 3.07. The van der Waals surface area contributed by atoms with Crippen LogP contribution in [-0.2, 0) is 6.54 Å². The maximum Gasteiger partial charge on any atom is 0.0486 e. The molecule has 0 atom stereocenters. The minimum Gasteiger partial charge on any atom is -0.341 e. The summed E-state index contributed by atoms with van der Waals surface area (Å²) in [7, 11) is 0. The lowest BCUT2D eigenvalue weighted by atomic mass is 10.1. The van der Waals surface area contributed by atoms with Crippen LogP contribution in [0.4, 0.5) is 0 Å². The first-order chi connectivity index (χ1) is 11.9. The van der Waals surface area contributed by atoms with Crippen LogP contribution in [0, 0.1) is 0 Å². The minimum atomic E-state index is 1.05. The highest BCUT2D eigenvalue weighted by Crippen LogP contribution is 2.29. The third-order valence-electron chi connectivity index (χ3n) is 4.42. The highest BCUT2D eigenvalue weighted by Gasteiger charge is 2.11. The molecule has 124 valence electrons. The monoisotopic (exact) mass is 319 g/mol. The molecule has 0 radical (unpaired) electrons. The molecule has 0 saturated heterocycles. The molecular weight excluding hydrogens is 294 g/mol. The van der Waals surface area contributed by atoms with E-state index in [-0.39, 0.29) is 0 Å². The third-order valence-corrected chi connectivity index (χ3v) is 4.42. The van der Waals surface area contributed by atoms with E-state index in [0.29, 0.717) is 0 Å². The van der Waals surface area contributed by atoms with Crippen LogP contribution in [-0.4, -0.2) is 14.5 Å². The van der Waals surface area contributed by atoms with Gasteiger partial charge in [0.05, 0.1) is 0 Å². The van der Waals surface area contributed by atoms with Gasteiger partial charge < -0.3 is 4.57 Å². The zero-order valence-corrected chi connectivity index (χ0v) is 14.4. The summed E-state index contributed by atoms with van der Waals surface area (Å²) in [5.74, 6) is 0. The van der Waals surface area contributed by atoms with Crippen LogP contribution in [0.1, 0.15) is 39.0 Å². The topological polar surface area (TPSA) is 30.7 Å². The van der Waals surface area contributed by atoms with Gasteiger partial charge in [-0.2, -0.15) is 0 Å². The minimum absolute atomic E-state index is 1.05. The van der Waals surface area contributed by atoms with Crippen molar-refractivity contribution in [3.8, 4) is 22.5 Å². The van der Waals surface area contributed by atoms with E-state index in [2.05, 4.69) is 57.9 Å². The smallest absolute Gasteiger partial charge is 0.0486 e. The van der Waals surface area contributed by atoms with Crippen LogP contribution in [0.25, 0.3) is 22.5 Å². The predicted octanol–water partition coefficient (Wildman–Crippen LogP) is 5.58. The van der Waals surface area contributed by atoms with Crippen LogP contribution < -0.4 is 0 Å². The lowest BCUT2D eigenvalue weighted by Crippen LogP contribution is -2.03. The Bertz CT molecular complexity index is 675. The Morgan fingerprint density at radius 2 is 1.17 bits per heavy atom. The van der Waals surface area contributed by atoms with Gasteiger partial charge in [-0.3, -0.25) is 9.97 Å². The molecule has 0 unspecified atom stereocenters. The van der Waals surface area contributed by atoms with E-state index in [1.54, 1.807) is 0 Å². The molecule has 0 aliphatic carbocycles. The van der Waals surface area contributed by atoms with Crippen molar-refractivity contribution < 1.29 is 0 Å². The summed E-state index contributed by atoms with van der Waals surface area (Å²) in [5.41, 5.74) is 4.97. The molecule has 3 heterocycles. The molecule has 3 aromatic heterocycles. The molecule has 0 aliphatic heterocycles. The number of aromatic nitrogens is 3. The molecule has 0 aliphatic rings. The summed E-state index contributed by atoms with van der Waals surface area (Å²) >= 11 is 0. The van der Waals surface area contributed by atoms with Crippen LogP contribution >= 0.6 is 0 Å². The van der Waals surface area contributed by atoms with Gasteiger partial charge in [0.1, 0.15) is 0 Å². The predicted molar refractivity (Wildman–Crippen MR) is 99.7 cm³/mol. The molecule has 0 N–H and O–H groups in total. The summed E-state index contributed by atoms with van der Waals surface area (Å²) < 4.78 is 2.44. The number of unbranched alkanes of at least 4 members (excludes halogenated alkanes) is 4. The Kier molecular flexibility index (Phi) is 5.78. The number of pyridine rings is 2. The third kappa shape index (κ3) is 3.91. The van der Waals surface area contributed by atoms with Crippen molar-refractivity contribution >= 4 is 0 Å². The zero-order chi connectivity index (χ0) is 16.6. The maximum absolute atomic E-state index is 4.14. The van der Waals surface area contributed by atoms with Gasteiger partial charge in [-0.1, -0.05) is 32.6 Å².